The molecule has 1 aromatic heterocycles. The molecule has 2 N–H and O–H groups in total. The molecule has 0 aromatic carbocycles. The fourth-order valence-corrected chi connectivity index (χ4v) is 2.75. The molecule has 1 heterocycles. The molecular weight excluding hydrogens is 262 g/mol. The van der Waals surface area contributed by atoms with Crippen LogP contribution >= 0.6 is 0 Å². The molecule has 4 nitrogen and oxygen atoms in total. The van der Waals surface area contributed by atoms with Crippen LogP contribution in [0.25, 0.3) is 0 Å². The van der Waals surface area contributed by atoms with Crippen molar-refractivity contribution in [3.05, 3.63) is 23.4 Å². The van der Waals surface area contributed by atoms with Gasteiger partial charge in [-0.3, -0.25) is 0 Å². The van der Waals surface area contributed by atoms with Gasteiger partial charge in [0.05, 0.1) is 0 Å². The molecule has 118 valence electrons. The van der Waals surface area contributed by atoms with E-state index in [9.17, 15) is 0 Å². The summed E-state index contributed by atoms with van der Waals surface area (Å²) in [5.41, 5.74) is 2.48. The molecule has 1 fully saturated rings. The largest absolute Gasteiger partial charge is 0.396 e. The molecule has 4 heteroatoms. The Morgan fingerprint density at radius 3 is 2.71 bits per heavy atom. The van der Waals surface area contributed by atoms with Gasteiger partial charge in [0, 0.05) is 38.0 Å². The van der Waals surface area contributed by atoms with Crippen LogP contribution in [0.15, 0.2) is 12.3 Å². The number of hydrogen-bond acceptors (Lipinski definition) is 4. The highest BCUT2D eigenvalue weighted by Crippen LogP contribution is 2.30. The topological polar surface area (TPSA) is 48.4 Å². The van der Waals surface area contributed by atoms with Gasteiger partial charge in [0.1, 0.15) is 5.82 Å². The van der Waals surface area contributed by atoms with Gasteiger partial charge in [-0.2, -0.15) is 0 Å². The lowest BCUT2D eigenvalue weighted by molar-refractivity contribution is 0.282. The van der Waals surface area contributed by atoms with Crippen LogP contribution < -0.4 is 10.2 Å². The van der Waals surface area contributed by atoms with E-state index in [0.29, 0.717) is 12.1 Å². The Morgan fingerprint density at radius 1 is 1.43 bits per heavy atom. The first-order chi connectivity index (χ1) is 10.1. The van der Waals surface area contributed by atoms with E-state index in [1.807, 2.05) is 6.20 Å². The zero-order chi connectivity index (χ0) is 15.2. The van der Waals surface area contributed by atoms with Gasteiger partial charge < -0.3 is 15.3 Å². The lowest BCUT2D eigenvalue weighted by Gasteiger charge is -2.39. The van der Waals surface area contributed by atoms with Crippen molar-refractivity contribution >= 4 is 5.82 Å². The minimum Gasteiger partial charge on any atom is -0.396 e. The Kier molecular flexibility index (Phi) is 6.00. The summed E-state index contributed by atoms with van der Waals surface area (Å²) >= 11 is 0. The van der Waals surface area contributed by atoms with Gasteiger partial charge in [-0.05, 0) is 49.8 Å². The maximum atomic E-state index is 9.11. The second-order valence-electron chi connectivity index (χ2n) is 6.37. The van der Waals surface area contributed by atoms with Gasteiger partial charge in [-0.25, -0.2) is 4.98 Å². The summed E-state index contributed by atoms with van der Waals surface area (Å²) in [5, 5.41) is 12.5. The summed E-state index contributed by atoms with van der Waals surface area (Å²) in [6.45, 7) is 8.47. The minimum absolute atomic E-state index is 0.249. The molecule has 0 saturated heterocycles. The van der Waals surface area contributed by atoms with E-state index in [1.54, 1.807) is 0 Å². The molecule has 0 radical (unpaired) electrons. The van der Waals surface area contributed by atoms with Gasteiger partial charge >= 0.3 is 0 Å². The van der Waals surface area contributed by atoms with Gasteiger partial charge in [0.2, 0.25) is 0 Å². The molecule has 1 aromatic rings. The molecule has 1 aliphatic carbocycles. The maximum absolute atomic E-state index is 9.11. The van der Waals surface area contributed by atoms with Crippen LogP contribution in [0.2, 0.25) is 0 Å². The number of aliphatic hydroxyl groups excluding tert-OH is 1. The quantitative estimate of drug-likeness (QED) is 0.773. The third kappa shape index (κ3) is 4.42. The lowest BCUT2D eigenvalue weighted by Crippen LogP contribution is -2.42. The second kappa shape index (κ2) is 7.76. The summed E-state index contributed by atoms with van der Waals surface area (Å²) in [5.74, 6) is 1.10. The lowest BCUT2D eigenvalue weighted by atomic mass is 9.91. The number of pyridine rings is 1. The number of nitrogens with zero attached hydrogens (tertiary/aromatic N) is 2. The van der Waals surface area contributed by atoms with Crippen molar-refractivity contribution in [3.8, 4) is 0 Å². The minimum atomic E-state index is 0.249. The highest BCUT2D eigenvalue weighted by atomic mass is 16.3. The summed E-state index contributed by atoms with van der Waals surface area (Å²) < 4.78 is 0. The molecule has 0 amide bonds. The van der Waals surface area contributed by atoms with E-state index in [1.165, 1.54) is 30.4 Å². The number of aromatic nitrogens is 1. The van der Waals surface area contributed by atoms with Gasteiger partial charge in [0.25, 0.3) is 0 Å². The molecule has 2 rings (SSSR count). The second-order valence-corrected chi connectivity index (χ2v) is 6.37. The monoisotopic (exact) mass is 291 g/mol. The highest BCUT2D eigenvalue weighted by molar-refractivity contribution is 5.48. The van der Waals surface area contributed by atoms with Crippen LogP contribution in [0.1, 0.15) is 50.7 Å². The number of rotatable bonds is 8. The van der Waals surface area contributed by atoms with Gasteiger partial charge in [-0.15, -0.1) is 0 Å². The van der Waals surface area contributed by atoms with E-state index in [0.717, 1.165) is 25.3 Å². The number of aryl methyl sites for hydroxylation is 1. The van der Waals surface area contributed by atoms with Crippen LogP contribution in [0, 0.1) is 6.92 Å². The third-order valence-electron chi connectivity index (χ3n) is 4.17. The summed E-state index contributed by atoms with van der Waals surface area (Å²) in [6, 6.07) is 3.34. The Morgan fingerprint density at radius 2 is 2.19 bits per heavy atom. The summed E-state index contributed by atoms with van der Waals surface area (Å²) in [6.07, 6.45) is 6.62. The molecular formula is C17H29N3O. The van der Waals surface area contributed by atoms with Crippen LogP contribution in [0.5, 0.6) is 0 Å². The van der Waals surface area contributed by atoms with Gasteiger partial charge in [-0.1, -0.05) is 13.8 Å². The Labute approximate surface area is 128 Å². The zero-order valence-corrected chi connectivity index (χ0v) is 13.6. The van der Waals surface area contributed by atoms with E-state index < -0.39 is 0 Å². The van der Waals surface area contributed by atoms with E-state index in [-0.39, 0.29) is 6.61 Å². The van der Waals surface area contributed by atoms with Crippen molar-refractivity contribution in [3.63, 3.8) is 0 Å². The first kappa shape index (κ1) is 16.2. The third-order valence-corrected chi connectivity index (χ3v) is 4.17. The van der Waals surface area contributed by atoms with Crippen LogP contribution in [-0.4, -0.2) is 35.3 Å². The van der Waals surface area contributed by atoms with Crippen LogP contribution in [0.4, 0.5) is 5.82 Å². The normalized spacial score (nSPS) is 15.3. The predicted octanol–water partition coefficient (Wildman–Crippen LogP) is 2.63. The van der Waals surface area contributed by atoms with Crippen LogP contribution in [-0.2, 0) is 6.54 Å². The number of nitrogens with one attached hydrogen (secondary N) is 1. The molecule has 1 aliphatic rings. The van der Waals surface area contributed by atoms with E-state index in [4.69, 9.17) is 10.1 Å². The average Bonchev–Trinajstić information content (AvgIpc) is 2.39. The molecule has 0 atom stereocenters. The molecule has 0 aliphatic heterocycles. The van der Waals surface area contributed by atoms with Gasteiger partial charge in [0.15, 0.2) is 0 Å². The fourth-order valence-electron chi connectivity index (χ4n) is 2.75. The van der Waals surface area contributed by atoms with Crippen molar-refractivity contribution in [1.29, 1.82) is 0 Å². The first-order valence-electron chi connectivity index (χ1n) is 8.18. The Bertz CT molecular complexity index is 444. The first-order valence-corrected chi connectivity index (χ1v) is 8.18. The molecule has 21 heavy (non-hydrogen) atoms. The average molecular weight is 291 g/mol. The van der Waals surface area contributed by atoms with Crippen molar-refractivity contribution < 1.29 is 5.11 Å². The zero-order valence-electron chi connectivity index (χ0n) is 13.6. The van der Waals surface area contributed by atoms with E-state index >= 15 is 0 Å². The number of hydrogen-bond donors (Lipinski definition) is 2. The molecule has 0 bridgehead atoms. The number of anilines is 1. The molecule has 0 unspecified atom stereocenters. The van der Waals surface area contributed by atoms with Crippen LogP contribution in [0.3, 0.4) is 0 Å². The van der Waals surface area contributed by atoms with Crippen molar-refractivity contribution in [2.75, 3.05) is 18.1 Å². The SMILES string of the molecule is Cc1cc(CNC(C)C)cnc1N(CCCO)C1CCC1. The fraction of sp³-hybridized carbons (Fsp3) is 0.706. The maximum Gasteiger partial charge on any atom is 0.131 e. The van der Waals surface area contributed by atoms with Crippen molar-refractivity contribution in [2.45, 2.75) is 65.1 Å². The molecule has 1 saturated carbocycles. The summed E-state index contributed by atoms with van der Waals surface area (Å²) in [7, 11) is 0. The highest BCUT2D eigenvalue weighted by Gasteiger charge is 2.26. The standard InChI is InChI=1S/C17H29N3O/c1-13(2)18-11-15-10-14(3)17(19-12-15)20(8-5-9-21)16-6-4-7-16/h10,12-13,16,18,21H,4-9,11H2,1-3H3. The summed E-state index contributed by atoms with van der Waals surface area (Å²) in [4.78, 5) is 7.11. The van der Waals surface area contributed by atoms with E-state index in [2.05, 4.69) is 37.1 Å². The predicted molar refractivity (Wildman–Crippen MR) is 87.6 cm³/mol. The number of aliphatic hydroxyl groups is 1. The van der Waals surface area contributed by atoms with Crippen molar-refractivity contribution in [2.24, 2.45) is 0 Å². The smallest absolute Gasteiger partial charge is 0.131 e. The van der Waals surface area contributed by atoms with Crippen molar-refractivity contribution in [1.82, 2.24) is 10.3 Å². The Hall–Kier alpha value is -1.13. The Balaban J connectivity index is 2.08. The molecule has 0 spiro atoms.